The first kappa shape index (κ1) is 10.0. The van der Waals surface area contributed by atoms with E-state index >= 15 is 0 Å². The van der Waals surface area contributed by atoms with Crippen LogP contribution < -0.4 is 10.1 Å². The summed E-state index contributed by atoms with van der Waals surface area (Å²) in [5.41, 5.74) is 2.71. The van der Waals surface area contributed by atoms with Gasteiger partial charge in [-0.25, -0.2) is 0 Å². The topological polar surface area (TPSA) is 21.3 Å². The maximum absolute atomic E-state index is 6.19. The highest BCUT2D eigenvalue weighted by molar-refractivity contribution is 5.60. The SMILES string of the molecule is Cc1ccc2c(c1)OC1C(CCC1(C)C)N2. The first-order valence-electron chi connectivity index (χ1n) is 6.10. The minimum atomic E-state index is 0.291. The standard InChI is InChI=1S/C14H19NO/c1-9-4-5-10-12(8-9)16-13-11(15-10)6-7-14(13,2)3/h4-5,8,11,13,15H,6-7H2,1-3H3. The number of ether oxygens (including phenoxy) is 1. The third-order valence-corrected chi connectivity index (χ3v) is 3.97. The van der Waals surface area contributed by atoms with Gasteiger partial charge in [-0.15, -0.1) is 0 Å². The number of hydrogen-bond acceptors (Lipinski definition) is 2. The van der Waals surface area contributed by atoms with Gasteiger partial charge in [0.05, 0.1) is 11.7 Å². The maximum atomic E-state index is 6.19. The van der Waals surface area contributed by atoms with Crippen molar-refractivity contribution in [2.75, 3.05) is 5.32 Å². The van der Waals surface area contributed by atoms with Gasteiger partial charge in [-0.05, 0) is 37.5 Å². The molecule has 2 heteroatoms. The van der Waals surface area contributed by atoms with E-state index in [1.807, 2.05) is 0 Å². The monoisotopic (exact) mass is 217 g/mol. The van der Waals surface area contributed by atoms with E-state index < -0.39 is 0 Å². The highest BCUT2D eigenvalue weighted by atomic mass is 16.5. The van der Waals surface area contributed by atoms with E-state index in [9.17, 15) is 0 Å². The van der Waals surface area contributed by atoms with Crippen molar-refractivity contribution >= 4 is 5.69 Å². The molecule has 2 nitrogen and oxygen atoms in total. The molecule has 0 saturated heterocycles. The molecule has 2 atom stereocenters. The summed E-state index contributed by atoms with van der Waals surface area (Å²) in [4.78, 5) is 0. The number of fused-ring (bicyclic) bond motifs is 2. The van der Waals surface area contributed by atoms with Gasteiger partial charge < -0.3 is 10.1 Å². The quantitative estimate of drug-likeness (QED) is 0.719. The summed E-state index contributed by atoms with van der Waals surface area (Å²) in [5.74, 6) is 1.02. The van der Waals surface area contributed by atoms with Gasteiger partial charge in [-0.2, -0.15) is 0 Å². The lowest BCUT2D eigenvalue weighted by Crippen LogP contribution is -2.43. The summed E-state index contributed by atoms with van der Waals surface area (Å²) in [6, 6.07) is 6.89. The molecule has 0 amide bonds. The van der Waals surface area contributed by atoms with Crippen LogP contribution in [0, 0.1) is 12.3 Å². The molecule has 0 aromatic heterocycles. The molecule has 1 aliphatic heterocycles. The lowest BCUT2D eigenvalue weighted by molar-refractivity contribution is 0.0900. The number of hydrogen-bond donors (Lipinski definition) is 1. The zero-order valence-corrected chi connectivity index (χ0v) is 10.2. The third kappa shape index (κ3) is 1.40. The van der Waals surface area contributed by atoms with E-state index in [1.165, 1.54) is 18.4 Å². The number of anilines is 1. The van der Waals surface area contributed by atoms with Gasteiger partial charge in [0.15, 0.2) is 0 Å². The largest absolute Gasteiger partial charge is 0.486 e. The van der Waals surface area contributed by atoms with Crippen molar-refractivity contribution in [3.63, 3.8) is 0 Å². The Morgan fingerprint density at radius 1 is 1.38 bits per heavy atom. The molecule has 1 aliphatic carbocycles. The first-order valence-corrected chi connectivity index (χ1v) is 6.10. The van der Waals surface area contributed by atoms with Crippen molar-refractivity contribution in [2.45, 2.75) is 45.8 Å². The van der Waals surface area contributed by atoms with Crippen molar-refractivity contribution in [1.29, 1.82) is 0 Å². The van der Waals surface area contributed by atoms with Crippen molar-refractivity contribution in [3.8, 4) is 5.75 Å². The van der Waals surface area contributed by atoms with E-state index in [-0.39, 0.29) is 0 Å². The molecule has 1 heterocycles. The van der Waals surface area contributed by atoms with Crippen molar-refractivity contribution in [1.82, 2.24) is 0 Å². The highest BCUT2D eigenvalue weighted by Gasteiger charge is 2.46. The Labute approximate surface area is 97.0 Å². The Bertz CT molecular complexity index is 425. The maximum Gasteiger partial charge on any atom is 0.143 e. The average Bonchev–Trinajstić information content (AvgIpc) is 2.52. The van der Waals surface area contributed by atoms with E-state index in [0.717, 1.165) is 11.4 Å². The van der Waals surface area contributed by atoms with Gasteiger partial charge >= 0.3 is 0 Å². The Morgan fingerprint density at radius 2 is 2.19 bits per heavy atom. The van der Waals surface area contributed by atoms with Crippen molar-refractivity contribution < 1.29 is 4.74 Å². The molecular formula is C14H19NO. The molecule has 0 bridgehead atoms. The molecule has 2 unspecified atom stereocenters. The van der Waals surface area contributed by atoms with Crippen LogP contribution in [0.4, 0.5) is 5.69 Å². The Hall–Kier alpha value is -1.18. The fraction of sp³-hybridized carbons (Fsp3) is 0.571. The molecule has 0 radical (unpaired) electrons. The minimum Gasteiger partial charge on any atom is -0.486 e. The van der Waals surface area contributed by atoms with Crippen LogP contribution in [0.5, 0.6) is 5.75 Å². The van der Waals surface area contributed by atoms with Crippen LogP contribution in [0.15, 0.2) is 18.2 Å². The number of rotatable bonds is 0. The summed E-state index contributed by atoms with van der Waals surface area (Å²) >= 11 is 0. The summed E-state index contributed by atoms with van der Waals surface area (Å²) in [5, 5.41) is 3.62. The fourth-order valence-electron chi connectivity index (χ4n) is 2.94. The second kappa shape index (κ2) is 3.16. The molecule has 3 rings (SSSR count). The summed E-state index contributed by atoms with van der Waals surface area (Å²) in [7, 11) is 0. The second-order valence-corrected chi connectivity index (χ2v) is 5.82. The molecule has 1 fully saturated rings. The minimum absolute atomic E-state index is 0.291. The van der Waals surface area contributed by atoms with Crippen LogP contribution in [-0.2, 0) is 0 Å². The highest BCUT2D eigenvalue weighted by Crippen LogP contribution is 2.46. The van der Waals surface area contributed by atoms with Crippen LogP contribution in [0.2, 0.25) is 0 Å². The number of aryl methyl sites for hydroxylation is 1. The second-order valence-electron chi connectivity index (χ2n) is 5.82. The Balaban J connectivity index is 1.98. The number of nitrogens with one attached hydrogen (secondary N) is 1. The molecule has 1 aromatic rings. The van der Waals surface area contributed by atoms with Gasteiger partial charge in [-0.3, -0.25) is 0 Å². The molecular weight excluding hydrogens is 198 g/mol. The smallest absolute Gasteiger partial charge is 0.143 e. The average molecular weight is 217 g/mol. The summed E-state index contributed by atoms with van der Waals surface area (Å²) in [6.07, 6.45) is 2.77. The van der Waals surface area contributed by atoms with E-state index in [4.69, 9.17) is 4.74 Å². The molecule has 2 aliphatic rings. The lowest BCUT2D eigenvalue weighted by Gasteiger charge is -2.36. The molecule has 1 N–H and O–H groups in total. The zero-order chi connectivity index (χ0) is 11.3. The van der Waals surface area contributed by atoms with Gasteiger partial charge in [0.2, 0.25) is 0 Å². The normalized spacial score (nSPS) is 29.9. The van der Waals surface area contributed by atoms with E-state index in [2.05, 4.69) is 44.3 Å². The molecule has 16 heavy (non-hydrogen) atoms. The van der Waals surface area contributed by atoms with E-state index in [0.29, 0.717) is 17.6 Å². The van der Waals surface area contributed by atoms with Gasteiger partial charge in [0, 0.05) is 5.41 Å². The van der Waals surface area contributed by atoms with Crippen LogP contribution in [0.3, 0.4) is 0 Å². The van der Waals surface area contributed by atoms with Crippen molar-refractivity contribution in [2.24, 2.45) is 5.41 Å². The Kier molecular flexibility index (Phi) is 1.97. The lowest BCUT2D eigenvalue weighted by atomic mass is 9.88. The molecule has 86 valence electrons. The van der Waals surface area contributed by atoms with Gasteiger partial charge in [0.25, 0.3) is 0 Å². The first-order chi connectivity index (χ1) is 7.56. The molecule has 1 aromatic carbocycles. The molecule has 1 saturated carbocycles. The van der Waals surface area contributed by atoms with Gasteiger partial charge in [0.1, 0.15) is 11.9 Å². The van der Waals surface area contributed by atoms with E-state index in [1.54, 1.807) is 0 Å². The molecule has 0 spiro atoms. The zero-order valence-electron chi connectivity index (χ0n) is 10.2. The van der Waals surface area contributed by atoms with Crippen LogP contribution in [-0.4, -0.2) is 12.1 Å². The summed E-state index contributed by atoms with van der Waals surface area (Å²) < 4.78 is 6.19. The predicted molar refractivity (Wildman–Crippen MR) is 66.0 cm³/mol. The third-order valence-electron chi connectivity index (χ3n) is 3.97. The van der Waals surface area contributed by atoms with Crippen LogP contribution >= 0.6 is 0 Å². The summed E-state index contributed by atoms with van der Waals surface area (Å²) in [6.45, 7) is 6.72. The Morgan fingerprint density at radius 3 is 3.00 bits per heavy atom. The van der Waals surface area contributed by atoms with Crippen LogP contribution in [0.25, 0.3) is 0 Å². The fourth-order valence-corrected chi connectivity index (χ4v) is 2.94. The van der Waals surface area contributed by atoms with Gasteiger partial charge in [-0.1, -0.05) is 19.9 Å². The number of benzene rings is 1. The predicted octanol–water partition coefficient (Wildman–Crippen LogP) is 3.36. The van der Waals surface area contributed by atoms with Crippen molar-refractivity contribution in [3.05, 3.63) is 23.8 Å². The van der Waals surface area contributed by atoms with Crippen LogP contribution in [0.1, 0.15) is 32.3 Å².